The maximum atomic E-state index is 11.8. The molecule has 0 aliphatic carbocycles. The SMILES string of the molecule is CCCC[S-](F)#P. The molecule has 0 radical (unpaired) electrons. The minimum absolute atomic E-state index is 0.625. The van der Waals surface area contributed by atoms with Crippen molar-refractivity contribution >= 4 is 18.1 Å². The third-order valence-electron chi connectivity index (χ3n) is 0.666. The third kappa shape index (κ3) is 6.71. The molecular weight excluding hydrogens is 130 g/mol. The summed E-state index contributed by atoms with van der Waals surface area (Å²) in [5, 5.41) is 0. The molecule has 3 heteroatoms. The normalized spacial score (nSPS) is 10.0. The van der Waals surface area contributed by atoms with Gasteiger partial charge in [-0.1, -0.05) is 0 Å². The fourth-order valence-corrected chi connectivity index (χ4v) is 1.18. The Labute approximate surface area is 48.2 Å². The fraction of sp³-hybridized carbons (Fsp3) is 1.00. The topological polar surface area (TPSA) is 0 Å². The van der Waals surface area contributed by atoms with Crippen LogP contribution < -0.4 is 0 Å². The summed E-state index contributed by atoms with van der Waals surface area (Å²) in [6.07, 6.45) is 2.02. The average molecular weight is 139 g/mol. The monoisotopic (exact) mass is 139 g/mol. The molecule has 0 aromatic carbocycles. The van der Waals surface area contributed by atoms with E-state index in [-0.39, 0.29) is 0 Å². The van der Waals surface area contributed by atoms with E-state index in [0.717, 1.165) is 12.8 Å². The molecule has 0 saturated carbocycles. The molecule has 0 unspecified atom stereocenters. The van der Waals surface area contributed by atoms with Crippen LogP contribution in [-0.4, -0.2) is 5.75 Å². The fourth-order valence-electron chi connectivity index (χ4n) is 0.263. The zero-order valence-electron chi connectivity index (χ0n) is 4.35. The molecule has 0 saturated heterocycles. The van der Waals surface area contributed by atoms with Crippen molar-refractivity contribution in [2.45, 2.75) is 19.8 Å². The molecule has 0 bridgehead atoms. The Morgan fingerprint density at radius 1 is 1.71 bits per heavy atom. The van der Waals surface area contributed by atoms with Gasteiger partial charge in [-0.25, -0.2) is 0 Å². The van der Waals surface area contributed by atoms with Crippen LogP contribution in [0.15, 0.2) is 0 Å². The van der Waals surface area contributed by atoms with Gasteiger partial charge in [-0.2, -0.15) is 0 Å². The molecule has 0 atom stereocenters. The van der Waals surface area contributed by atoms with Crippen molar-refractivity contribution in [3.8, 4) is 0 Å². The second-order valence-electron chi connectivity index (χ2n) is 1.36. The van der Waals surface area contributed by atoms with Crippen molar-refractivity contribution in [2.24, 2.45) is 0 Å². The van der Waals surface area contributed by atoms with Crippen LogP contribution in [0.2, 0.25) is 0 Å². The van der Waals surface area contributed by atoms with E-state index in [2.05, 4.69) is 7.81 Å². The van der Waals surface area contributed by atoms with Crippen molar-refractivity contribution in [3.63, 3.8) is 0 Å². The summed E-state index contributed by atoms with van der Waals surface area (Å²) in [6, 6.07) is 0. The van der Waals surface area contributed by atoms with Gasteiger partial charge in [-0.05, 0) is 0 Å². The summed E-state index contributed by atoms with van der Waals surface area (Å²) >= 11 is 0. The van der Waals surface area contributed by atoms with E-state index in [1.54, 1.807) is 0 Å². The Bertz CT molecular complexity index is 93.6. The number of unbranched alkanes of at least 4 members (excludes halogenated alkanes) is 1. The predicted molar refractivity (Wildman–Crippen MR) is 35.2 cm³/mol. The van der Waals surface area contributed by atoms with Crippen molar-refractivity contribution < 1.29 is 3.89 Å². The molecule has 0 N–H and O–H groups in total. The maximum absolute atomic E-state index is 11.8. The average Bonchev–Trinajstić information content (AvgIpc) is 1.61. The quantitative estimate of drug-likeness (QED) is 0.407. The van der Waals surface area contributed by atoms with Crippen LogP contribution in [-0.2, 0) is 10.3 Å². The van der Waals surface area contributed by atoms with Crippen molar-refractivity contribution in [1.29, 1.82) is 0 Å². The number of hydrogen-bond acceptors (Lipinski definition) is 1. The molecule has 0 spiro atoms. The number of hydrogen-bond donors (Lipinski definition) is 0. The zero-order valence-corrected chi connectivity index (χ0v) is 6.07. The van der Waals surface area contributed by atoms with Crippen LogP contribution in [0, 0.1) is 0 Å². The first-order valence-electron chi connectivity index (χ1n) is 2.33. The van der Waals surface area contributed by atoms with Gasteiger partial charge in [0.05, 0.1) is 0 Å². The van der Waals surface area contributed by atoms with Crippen molar-refractivity contribution in [1.82, 2.24) is 0 Å². The summed E-state index contributed by atoms with van der Waals surface area (Å²) in [5.74, 6) is 0.625. The van der Waals surface area contributed by atoms with Gasteiger partial charge in [0.25, 0.3) is 0 Å². The molecule has 0 aromatic heterocycles. The Morgan fingerprint density at radius 2 is 2.29 bits per heavy atom. The van der Waals surface area contributed by atoms with E-state index in [4.69, 9.17) is 0 Å². The molecule has 0 nitrogen and oxygen atoms in total. The van der Waals surface area contributed by atoms with Crippen LogP contribution in [0.4, 0.5) is 3.89 Å². The van der Waals surface area contributed by atoms with Gasteiger partial charge in [0.1, 0.15) is 0 Å². The molecule has 0 heterocycles. The molecule has 0 fully saturated rings. The van der Waals surface area contributed by atoms with E-state index in [1.165, 1.54) is 0 Å². The van der Waals surface area contributed by atoms with E-state index >= 15 is 0 Å². The van der Waals surface area contributed by atoms with Gasteiger partial charge >= 0.3 is 47.5 Å². The molecule has 0 rings (SSSR count). The van der Waals surface area contributed by atoms with Crippen LogP contribution in [0.5, 0.6) is 0 Å². The first-order valence-corrected chi connectivity index (χ1v) is 4.68. The second-order valence-corrected chi connectivity index (χ2v) is 3.58. The van der Waals surface area contributed by atoms with Crippen LogP contribution in [0.1, 0.15) is 19.8 Å². The molecular formula is C4H9FPS-. The summed E-state index contributed by atoms with van der Waals surface area (Å²) in [7, 11) is 2.47. The molecule has 0 amide bonds. The van der Waals surface area contributed by atoms with Crippen LogP contribution >= 0.6 is 7.81 Å². The second kappa shape index (κ2) is 4.86. The Hall–Kier alpha value is 0.710. The summed E-state index contributed by atoms with van der Waals surface area (Å²) in [6.45, 7) is 2.04. The molecule has 7 heavy (non-hydrogen) atoms. The first-order chi connectivity index (χ1) is 3.27. The standard InChI is InChI=1S/C4H9FPS/c1-2-3-4-7(5)6/h2-4H2,1H3/q-1. The van der Waals surface area contributed by atoms with E-state index in [9.17, 15) is 3.89 Å². The van der Waals surface area contributed by atoms with Crippen LogP contribution in [0.3, 0.4) is 0 Å². The number of halogens is 1. The van der Waals surface area contributed by atoms with Gasteiger partial charge in [-0.3, -0.25) is 0 Å². The Balaban J connectivity index is 2.88. The zero-order chi connectivity index (χ0) is 5.70. The van der Waals surface area contributed by atoms with Gasteiger partial charge in [-0.15, -0.1) is 0 Å². The van der Waals surface area contributed by atoms with E-state index in [1.807, 2.05) is 6.92 Å². The summed E-state index contributed by atoms with van der Waals surface area (Å²) in [5.41, 5.74) is 0. The third-order valence-corrected chi connectivity index (χ3v) is 1.84. The predicted octanol–water partition coefficient (Wildman–Crippen LogP) is 2.61. The number of rotatable bonds is 2. The van der Waals surface area contributed by atoms with Gasteiger partial charge in [0.15, 0.2) is 0 Å². The Morgan fingerprint density at radius 3 is 2.43 bits per heavy atom. The van der Waals surface area contributed by atoms with Crippen LogP contribution in [0.25, 0.3) is 0 Å². The molecule has 44 valence electrons. The van der Waals surface area contributed by atoms with E-state index < -0.39 is 10.3 Å². The molecule has 0 aromatic rings. The van der Waals surface area contributed by atoms with Gasteiger partial charge < -0.3 is 0 Å². The van der Waals surface area contributed by atoms with Crippen molar-refractivity contribution in [2.75, 3.05) is 5.75 Å². The Kier molecular flexibility index (Phi) is 5.35. The first kappa shape index (κ1) is 7.71. The van der Waals surface area contributed by atoms with E-state index in [0.29, 0.717) is 5.75 Å². The summed E-state index contributed by atoms with van der Waals surface area (Å²) in [4.78, 5) is 0. The molecule has 0 aliphatic rings. The minimum atomic E-state index is -1.12. The van der Waals surface area contributed by atoms with Gasteiger partial charge in [0, 0.05) is 0 Å². The molecule has 0 aliphatic heterocycles. The van der Waals surface area contributed by atoms with Gasteiger partial charge in [0.2, 0.25) is 0 Å². The summed E-state index contributed by atoms with van der Waals surface area (Å²) < 4.78 is 11.8. The van der Waals surface area contributed by atoms with Crippen molar-refractivity contribution in [3.05, 3.63) is 0 Å².